The molecule has 4 N–H and O–H groups in total. The second-order valence-electron chi connectivity index (χ2n) is 10.0. The van der Waals surface area contributed by atoms with Crippen molar-refractivity contribution in [1.29, 1.82) is 0 Å². The predicted molar refractivity (Wildman–Crippen MR) is 152 cm³/mol. The van der Waals surface area contributed by atoms with Crippen LogP contribution in [0.3, 0.4) is 0 Å². The first kappa shape index (κ1) is 34.3. The third kappa shape index (κ3) is 7.97. The molecular formula is C28H25F6N7O6. The van der Waals surface area contributed by atoms with E-state index < -0.39 is 24.3 Å². The number of hydrogen-bond acceptors (Lipinski definition) is 8. The van der Waals surface area contributed by atoms with Crippen LogP contribution in [0.25, 0.3) is 39.1 Å². The predicted octanol–water partition coefficient (Wildman–Crippen LogP) is 5.04. The summed E-state index contributed by atoms with van der Waals surface area (Å²) in [7, 11) is 0. The maximum Gasteiger partial charge on any atom is 0.490 e. The molecule has 0 atom stereocenters. The van der Waals surface area contributed by atoms with Gasteiger partial charge in [0.25, 0.3) is 0 Å². The number of amides is 1. The Kier molecular flexibility index (Phi) is 9.76. The van der Waals surface area contributed by atoms with Gasteiger partial charge in [0, 0.05) is 67.5 Å². The number of nitrogens with zero attached hydrogens (tertiary/aromatic N) is 6. The molecule has 5 aromatic heterocycles. The van der Waals surface area contributed by atoms with Crippen molar-refractivity contribution in [3.05, 3.63) is 55.4 Å². The lowest BCUT2D eigenvalue weighted by atomic mass is 10.0. The van der Waals surface area contributed by atoms with Gasteiger partial charge in [-0.1, -0.05) is 0 Å². The number of likely N-dealkylation sites (tertiary alicyclic amines) is 1. The van der Waals surface area contributed by atoms with E-state index in [-0.39, 0.29) is 11.9 Å². The van der Waals surface area contributed by atoms with Crippen molar-refractivity contribution in [3.63, 3.8) is 0 Å². The van der Waals surface area contributed by atoms with Crippen LogP contribution in [0.2, 0.25) is 0 Å². The first-order valence-electron chi connectivity index (χ1n) is 13.5. The number of carboxylic acid groups (broad SMARTS) is 2. The van der Waals surface area contributed by atoms with Gasteiger partial charge in [-0.3, -0.25) is 9.48 Å². The van der Waals surface area contributed by atoms with Gasteiger partial charge < -0.3 is 29.7 Å². The fraction of sp³-hybridized carbons (Fsp3) is 0.286. The summed E-state index contributed by atoms with van der Waals surface area (Å²) in [5.74, 6) is -4.35. The van der Waals surface area contributed by atoms with E-state index in [1.54, 1.807) is 19.3 Å². The Morgan fingerprint density at radius 1 is 0.957 bits per heavy atom. The van der Waals surface area contributed by atoms with E-state index in [0.29, 0.717) is 17.2 Å². The van der Waals surface area contributed by atoms with Crippen molar-refractivity contribution in [2.24, 2.45) is 0 Å². The normalized spacial score (nSPS) is 13.9. The highest BCUT2D eigenvalue weighted by molar-refractivity contribution is 6.00. The highest BCUT2D eigenvalue weighted by Gasteiger charge is 2.39. The van der Waals surface area contributed by atoms with Crippen LogP contribution in [-0.4, -0.2) is 82.6 Å². The average Bonchev–Trinajstić information content (AvgIpc) is 3.77. The summed E-state index contributed by atoms with van der Waals surface area (Å²) < 4.78 is 73.6. The van der Waals surface area contributed by atoms with E-state index in [9.17, 15) is 31.1 Å². The summed E-state index contributed by atoms with van der Waals surface area (Å²) in [4.78, 5) is 40.1. The van der Waals surface area contributed by atoms with Gasteiger partial charge in [0.05, 0.1) is 17.8 Å². The van der Waals surface area contributed by atoms with E-state index in [1.807, 2.05) is 57.0 Å². The maximum absolute atomic E-state index is 11.6. The van der Waals surface area contributed by atoms with Crippen molar-refractivity contribution < 1.29 is 55.4 Å². The molecule has 0 unspecified atom stereocenters. The Morgan fingerprint density at radius 3 is 2.15 bits per heavy atom. The Hall–Kier alpha value is -5.62. The zero-order valence-electron chi connectivity index (χ0n) is 24.2. The fourth-order valence-electron chi connectivity index (χ4n) is 4.67. The second kappa shape index (κ2) is 13.4. The number of furan rings is 1. The van der Waals surface area contributed by atoms with Crippen molar-refractivity contribution in [3.8, 4) is 22.5 Å². The van der Waals surface area contributed by atoms with E-state index >= 15 is 0 Å². The van der Waals surface area contributed by atoms with Crippen molar-refractivity contribution in [1.82, 2.24) is 29.0 Å². The zero-order valence-corrected chi connectivity index (χ0v) is 24.2. The van der Waals surface area contributed by atoms with Gasteiger partial charge in [0.1, 0.15) is 11.4 Å². The molecule has 19 heteroatoms. The van der Waals surface area contributed by atoms with Crippen LogP contribution in [0, 0.1) is 0 Å². The average molecular weight is 670 g/mol. The third-order valence-corrected chi connectivity index (χ3v) is 6.95. The number of carbonyl (C=O) groups excluding carboxylic acids is 1. The number of anilines is 1. The number of piperidine rings is 1. The number of carbonyl (C=O) groups is 3. The molecule has 0 aliphatic carbocycles. The lowest BCUT2D eigenvalue weighted by Crippen LogP contribution is -2.37. The quantitative estimate of drug-likeness (QED) is 0.220. The first-order valence-corrected chi connectivity index (χ1v) is 13.5. The van der Waals surface area contributed by atoms with Gasteiger partial charge in [-0.2, -0.15) is 31.4 Å². The summed E-state index contributed by atoms with van der Waals surface area (Å²) in [6.07, 6.45) is 2.89. The van der Waals surface area contributed by atoms with Gasteiger partial charge in [-0.25, -0.2) is 19.6 Å². The molecular weight excluding hydrogens is 644 g/mol. The summed E-state index contributed by atoms with van der Waals surface area (Å²) in [6.45, 7) is 3.14. The van der Waals surface area contributed by atoms with Crippen molar-refractivity contribution >= 4 is 40.3 Å². The van der Waals surface area contributed by atoms with Crippen molar-refractivity contribution in [2.75, 3.05) is 18.8 Å². The zero-order chi connectivity index (χ0) is 34.7. The van der Waals surface area contributed by atoms with Crippen LogP contribution in [0.15, 0.2) is 59.8 Å². The summed E-state index contributed by atoms with van der Waals surface area (Å²) in [6, 6.07) is 6.20. The fourth-order valence-corrected chi connectivity index (χ4v) is 4.67. The van der Waals surface area contributed by atoms with Crippen LogP contribution in [-0.2, 0) is 14.4 Å². The first-order chi connectivity index (χ1) is 22.0. The number of pyridine rings is 2. The number of carboxylic acids is 2. The topological polar surface area (TPSA) is 182 Å². The number of alkyl halides is 6. The molecule has 1 aliphatic rings. The summed E-state index contributed by atoms with van der Waals surface area (Å²) in [5, 5.41) is 19.8. The molecule has 6 heterocycles. The standard InChI is InChI=1S/C24H23N7O2.2C2HF3O2/c1-15(32)29-8-4-17(5-9-29)31-14-16(12-28-31)20-13-27-23(25)22-19(20)11-21(33-22)18-3-2-7-30-10-6-26-24(18)30;2*3-2(4,5)1(6)7/h2-3,6-7,10-14,17H,4-5,8-9H2,1H3,(H2,25,27);2*(H,6,7). The highest BCUT2D eigenvalue weighted by atomic mass is 19.4. The minimum Gasteiger partial charge on any atom is -0.475 e. The van der Waals surface area contributed by atoms with E-state index in [2.05, 4.69) is 15.1 Å². The number of nitrogens with two attached hydrogens (primary N) is 1. The van der Waals surface area contributed by atoms with E-state index in [4.69, 9.17) is 30.0 Å². The number of halogens is 6. The summed E-state index contributed by atoms with van der Waals surface area (Å²) in [5.41, 5.74) is 10.3. The van der Waals surface area contributed by atoms with Gasteiger partial charge in [-0.05, 0) is 31.0 Å². The molecule has 1 saturated heterocycles. The van der Waals surface area contributed by atoms with E-state index in [0.717, 1.165) is 53.7 Å². The van der Waals surface area contributed by atoms with Crippen LogP contribution in [0.1, 0.15) is 25.8 Å². The molecule has 5 aromatic rings. The SMILES string of the molecule is CC(=O)N1CCC(n2cc(-c3cnc(N)c4oc(-c5cccn6ccnc56)cc34)cn2)CC1.O=C(O)C(F)(F)F.O=C(O)C(F)(F)F. The molecule has 0 saturated carbocycles. The number of aliphatic carboxylic acids is 2. The molecule has 250 valence electrons. The van der Waals surface area contributed by atoms with Crippen molar-refractivity contribution in [2.45, 2.75) is 38.2 Å². The number of aromatic nitrogens is 5. The monoisotopic (exact) mass is 669 g/mol. The number of fused-ring (bicyclic) bond motifs is 2. The molecule has 1 aliphatic heterocycles. The van der Waals surface area contributed by atoms with Gasteiger partial charge in [0.2, 0.25) is 5.91 Å². The molecule has 1 fully saturated rings. The van der Waals surface area contributed by atoms with Crippen LogP contribution < -0.4 is 5.73 Å². The Balaban J connectivity index is 0.000000301. The van der Waals surface area contributed by atoms with Crippen LogP contribution >= 0.6 is 0 Å². The molecule has 0 bridgehead atoms. The molecule has 6 rings (SSSR count). The molecule has 0 aromatic carbocycles. The molecule has 13 nitrogen and oxygen atoms in total. The Bertz CT molecular complexity index is 1880. The molecule has 47 heavy (non-hydrogen) atoms. The number of imidazole rings is 1. The van der Waals surface area contributed by atoms with Gasteiger partial charge in [-0.15, -0.1) is 0 Å². The Morgan fingerprint density at radius 2 is 1.57 bits per heavy atom. The Labute approximate surface area is 259 Å². The van der Waals surface area contributed by atoms with E-state index in [1.165, 1.54) is 0 Å². The summed E-state index contributed by atoms with van der Waals surface area (Å²) >= 11 is 0. The highest BCUT2D eigenvalue weighted by Crippen LogP contribution is 2.38. The van der Waals surface area contributed by atoms with Crippen LogP contribution in [0.4, 0.5) is 32.2 Å². The largest absolute Gasteiger partial charge is 0.490 e. The van der Waals surface area contributed by atoms with Gasteiger partial charge >= 0.3 is 24.3 Å². The molecule has 0 spiro atoms. The van der Waals surface area contributed by atoms with Crippen LogP contribution in [0.5, 0.6) is 0 Å². The minimum atomic E-state index is -5.08. The molecule has 0 radical (unpaired) electrons. The lowest BCUT2D eigenvalue weighted by molar-refractivity contribution is -0.193. The smallest absolute Gasteiger partial charge is 0.475 e. The maximum atomic E-state index is 11.6. The molecule has 1 amide bonds. The minimum absolute atomic E-state index is 0.131. The second-order valence-corrected chi connectivity index (χ2v) is 10.0. The van der Waals surface area contributed by atoms with Gasteiger partial charge in [0.15, 0.2) is 11.4 Å². The lowest BCUT2D eigenvalue weighted by Gasteiger charge is -2.31. The number of rotatable bonds is 3. The number of nitrogen functional groups attached to an aromatic ring is 1. The number of hydrogen-bond donors (Lipinski definition) is 3. The third-order valence-electron chi connectivity index (χ3n) is 6.95.